The van der Waals surface area contributed by atoms with Crippen LogP contribution >= 0.6 is 0 Å². The van der Waals surface area contributed by atoms with Gasteiger partial charge in [-0.15, -0.1) is 0 Å². The first-order valence-corrected chi connectivity index (χ1v) is 6.06. The molecule has 1 unspecified atom stereocenters. The van der Waals surface area contributed by atoms with Crippen LogP contribution in [0.15, 0.2) is 0 Å². The molecule has 3 amide bonds. The molecule has 1 rings (SSSR count). The number of nitrogens with one attached hydrogen (secondary N) is 1. The molecule has 18 heavy (non-hydrogen) atoms. The van der Waals surface area contributed by atoms with Crippen LogP contribution in [0.5, 0.6) is 0 Å². The van der Waals surface area contributed by atoms with E-state index in [0.29, 0.717) is 0 Å². The van der Waals surface area contributed by atoms with Crippen LogP contribution in [0.4, 0.5) is 0 Å². The summed E-state index contributed by atoms with van der Waals surface area (Å²) in [7, 11) is 0. The van der Waals surface area contributed by atoms with Crippen LogP contribution in [0, 0.1) is 0 Å². The Morgan fingerprint density at radius 1 is 1.50 bits per heavy atom. The molecule has 102 valence electrons. The predicted octanol–water partition coefficient (Wildman–Crippen LogP) is -0.234. The Hall–Kier alpha value is -1.43. The van der Waals surface area contributed by atoms with Gasteiger partial charge in [0.05, 0.1) is 12.5 Å². The summed E-state index contributed by atoms with van der Waals surface area (Å²) < 4.78 is 0. The minimum Gasteiger partial charge on any atom is -0.370 e. The van der Waals surface area contributed by atoms with Crippen LogP contribution in [-0.4, -0.2) is 40.2 Å². The largest absolute Gasteiger partial charge is 0.370 e. The van der Waals surface area contributed by atoms with Crippen molar-refractivity contribution in [3.05, 3.63) is 0 Å². The molecule has 0 bridgehead atoms. The molecule has 1 saturated heterocycles. The van der Waals surface area contributed by atoms with Gasteiger partial charge in [-0.1, -0.05) is 0 Å². The van der Waals surface area contributed by atoms with Crippen LogP contribution in [0.1, 0.15) is 40.5 Å². The van der Waals surface area contributed by atoms with E-state index in [1.54, 1.807) is 27.7 Å². The van der Waals surface area contributed by atoms with Gasteiger partial charge < -0.3 is 5.73 Å². The van der Waals surface area contributed by atoms with Gasteiger partial charge >= 0.3 is 0 Å². The normalized spacial score (nSPS) is 20.9. The molecule has 1 atom stereocenters. The van der Waals surface area contributed by atoms with Gasteiger partial charge in [-0.3, -0.25) is 24.6 Å². The van der Waals surface area contributed by atoms with Crippen molar-refractivity contribution in [2.24, 2.45) is 5.73 Å². The molecule has 1 aliphatic rings. The Kier molecular flexibility index (Phi) is 4.11. The Balaban J connectivity index is 2.73. The van der Waals surface area contributed by atoms with Crippen LogP contribution in [0.25, 0.3) is 0 Å². The van der Waals surface area contributed by atoms with Crippen molar-refractivity contribution in [1.82, 2.24) is 10.2 Å². The maximum Gasteiger partial charge on any atom is 0.247 e. The average molecular weight is 255 g/mol. The fraction of sp³-hybridized carbons (Fsp3) is 0.750. The number of carbonyl (C=O) groups excluding carboxylic acids is 3. The number of imide groups is 1. The summed E-state index contributed by atoms with van der Waals surface area (Å²) in [4.78, 5) is 36.0. The lowest BCUT2D eigenvalue weighted by Crippen LogP contribution is -2.51. The smallest absolute Gasteiger partial charge is 0.247 e. The van der Waals surface area contributed by atoms with Gasteiger partial charge in [-0.2, -0.15) is 0 Å². The quantitative estimate of drug-likeness (QED) is 0.663. The van der Waals surface area contributed by atoms with Crippen molar-refractivity contribution in [1.29, 1.82) is 0 Å². The molecule has 6 heteroatoms. The van der Waals surface area contributed by atoms with Gasteiger partial charge in [0.2, 0.25) is 17.7 Å². The zero-order chi connectivity index (χ0) is 14.1. The topological polar surface area (TPSA) is 92.5 Å². The van der Waals surface area contributed by atoms with E-state index in [2.05, 4.69) is 5.32 Å². The Morgan fingerprint density at radius 3 is 2.44 bits per heavy atom. The summed E-state index contributed by atoms with van der Waals surface area (Å²) in [5.74, 6) is -0.847. The fourth-order valence-electron chi connectivity index (χ4n) is 2.26. The third kappa shape index (κ3) is 3.29. The first-order chi connectivity index (χ1) is 8.14. The highest BCUT2D eigenvalue weighted by atomic mass is 16.2. The summed E-state index contributed by atoms with van der Waals surface area (Å²) in [6.45, 7) is 7.17. The number of rotatable bonds is 5. The van der Waals surface area contributed by atoms with E-state index >= 15 is 0 Å². The zero-order valence-corrected chi connectivity index (χ0v) is 11.3. The lowest BCUT2D eigenvalue weighted by atomic mass is 9.98. The van der Waals surface area contributed by atoms with Crippen molar-refractivity contribution < 1.29 is 14.4 Å². The summed E-state index contributed by atoms with van der Waals surface area (Å²) in [5, 5.41) is 3.04. The maximum absolute atomic E-state index is 12.0. The Labute approximate surface area is 107 Å². The lowest BCUT2D eigenvalue weighted by molar-refractivity contribution is -0.141. The second-order valence-electron chi connectivity index (χ2n) is 5.62. The molecule has 1 fully saturated rings. The second kappa shape index (κ2) is 5.06. The molecule has 0 radical (unpaired) electrons. The number of hydrogen-bond donors (Lipinski definition) is 2. The van der Waals surface area contributed by atoms with E-state index in [1.807, 2.05) is 0 Å². The number of nitrogens with two attached hydrogens (primary N) is 1. The highest BCUT2D eigenvalue weighted by Crippen LogP contribution is 2.19. The summed E-state index contributed by atoms with van der Waals surface area (Å²) >= 11 is 0. The Morgan fingerprint density at radius 2 is 2.06 bits per heavy atom. The molecule has 0 aromatic rings. The Bertz CT molecular complexity index is 377. The zero-order valence-electron chi connectivity index (χ0n) is 11.3. The van der Waals surface area contributed by atoms with Crippen molar-refractivity contribution in [2.45, 2.75) is 58.2 Å². The van der Waals surface area contributed by atoms with Gasteiger partial charge in [-0.25, -0.2) is 0 Å². The third-order valence-electron chi connectivity index (χ3n) is 2.88. The van der Waals surface area contributed by atoms with Crippen LogP contribution in [-0.2, 0) is 14.4 Å². The second-order valence-corrected chi connectivity index (χ2v) is 5.62. The highest BCUT2D eigenvalue weighted by molar-refractivity contribution is 6.05. The number of primary amides is 1. The number of carbonyl (C=O) groups is 3. The molecule has 6 nitrogen and oxygen atoms in total. The molecule has 3 N–H and O–H groups in total. The molecule has 1 heterocycles. The van der Waals surface area contributed by atoms with Gasteiger partial charge in [-0.05, 0) is 27.7 Å². The van der Waals surface area contributed by atoms with E-state index in [4.69, 9.17) is 5.73 Å². The molecule has 0 aromatic heterocycles. The molecular formula is C12H21N3O3. The van der Waals surface area contributed by atoms with E-state index in [-0.39, 0.29) is 30.7 Å². The van der Waals surface area contributed by atoms with Crippen molar-refractivity contribution in [3.8, 4) is 0 Å². The number of nitrogens with zero attached hydrogens (tertiary/aromatic N) is 1. The SMILES string of the molecule is CC(C)N1C(=O)CC(NC(C)(C)CC(N)=O)C1=O. The maximum atomic E-state index is 12.0. The molecule has 0 spiro atoms. The summed E-state index contributed by atoms with van der Waals surface area (Å²) in [6.07, 6.45) is 0.256. The first-order valence-electron chi connectivity index (χ1n) is 6.06. The number of likely N-dealkylation sites (tertiary alicyclic amines) is 1. The number of hydrogen-bond acceptors (Lipinski definition) is 4. The lowest BCUT2D eigenvalue weighted by Gasteiger charge is -2.28. The molecular weight excluding hydrogens is 234 g/mol. The summed E-state index contributed by atoms with van der Waals surface area (Å²) in [6, 6.07) is -0.703. The molecule has 0 aliphatic carbocycles. The van der Waals surface area contributed by atoms with Crippen LogP contribution < -0.4 is 11.1 Å². The standard InChI is InChI=1S/C12H21N3O3/c1-7(2)15-10(17)5-8(11(15)18)14-12(3,4)6-9(13)16/h7-8,14H,5-6H2,1-4H3,(H2,13,16). The van der Waals surface area contributed by atoms with Crippen molar-refractivity contribution >= 4 is 17.7 Å². The molecule has 1 aliphatic heterocycles. The summed E-state index contributed by atoms with van der Waals surface area (Å²) in [5.41, 5.74) is 4.55. The highest BCUT2D eigenvalue weighted by Gasteiger charge is 2.42. The van der Waals surface area contributed by atoms with E-state index in [0.717, 1.165) is 0 Å². The monoisotopic (exact) mass is 255 g/mol. The molecule has 0 aromatic carbocycles. The van der Waals surface area contributed by atoms with Crippen LogP contribution in [0.3, 0.4) is 0 Å². The van der Waals surface area contributed by atoms with Crippen LogP contribution in [0.2, 0.25) is 0 Å². The van der Waals surface area contributed by atoms with Gasteiger partial charge in [0, 0.05) is 18.0 Å². The predicted molar refractivity (Wildman–Crippen MR) is 66.4 cm³/mol. The minimum absolute atomic E-state index is 0.118. The van der Waals surface area contributed by atoms with E-state index in [1.165, 1.54) is 4.90 Å². The average Bonchev–Trinajstić information content (AvgIpc) is 2.37. The van der Waals surface area contributed by atoms with Gasteiger partial charge in [0.15, 0.2) is 0 Å². The van der Waals surface area contributed by atoms with Gasteiger partial charge in [0.25, 0.3) is 0 Å². The first kappa shape index (κ1) is 14.6. The van der Waals surface area contributed by atoms with E-state index < -0.39 is 17.5 Å². The fourth-order valence-corrected chi connectivity index (χ4v) is 2.26. The van der Waals surface area contributed by atoms with Gasteiger partial charge in [0.1, 0.15) is 0 Å². The van der Waals surface area contributed by atoms with Crippen molar-refractivity contribution in [3.63, 3.8) is 0 Å². The minimum atomic E-state index is -0.598. The number of amides is 3. The van der Waals surface area contributed by atoms with E-state index in [9.17, 15) is 14.4 Å². The molecule has 0 saturated carbocycles. The van der Waals surface area contributed by atoms with Crippen molar-refractivity contribution in [2.75, 3.05) is 0 Å². The third-order valence-corrected chi connectivity index (χ3v) is 2.88.